The molecule has 2 N–H and O–H groups in total. The second-order valence-corrected chi connectivity index (χ2v) is 8.71. The van der Waals surface area contributed by atoms with E-state index in [9.17, 15) is 9.59 Å². The van der Waals surface area contributed by atoms with Gasteiger partial charge in [-0.2, -0.15) is 5.10 Å². The van der Waals surface area contributed by atoms with E-state index in [1.807, 2.05) is 30.3 Å². The number of hydrogen-bond donors (Lipinski definition) is 2. The molecule has 3 aromatic rings. The van der Waals surface area contributed by atoms with E-state index in [1.165, 1.54) is 5.56 Å². The van der Waals surface area contributed by atoms with Crippen LogP contribution in [0.2, 0.25) is 0 Å². The number of aromatic nitrogens is 2. The first-order valence-electron chi connectivity index (χ1n) is 11.8. The standard InChI is InChI=1S/C26H29N5O3/c32-25(27-10-11-30-12-14-34-15-13-30)20-5-3-6-22(16-20)31-18-21(17-28-31)29-26(33)24-9-8-19-4-1-2-7-23(19)24/h1-7,16-18,24H,8-15H2,(H,27,32)(H,29,33). The summed E-state index contributed by atoms with van der Waals surface area (Å²) in [5.74, 6) is -0.266. The molecular formula is C26H29N5O3. The van der Waals surface area contributed by atoms with Gasteiger partial charge in [-0.1, -0.05) is 30.3 Å². The molecule has 1 saturated heterocycles. The quantitative estimate of drug-likeness (QED) is 0.567. The number of carbonyl (C=O) groups excluding carboxylic acids is 2. The number of anilines is 1. The molecule has 0 radical (unpaired) electrons. The normalized spacial score (nSPS) is 17.8. The lowest BCUT2D eigenvalue weighted by molar-refractivity contribution is -0.117. The number of amides is 2. The van der Waals surface area contributed by atoms with E-state index in [1.54, 1.807) is 29.2 Å². The van der Waals surface area contributed by atoms with Crippen LogP contribution >= 0.6 is 0 Å². The van der Waals surface area contributed by atoms with Gasteiger partial charge < -0.3 is 15.4 Å². The second-order valence-electron chi connectivity index (χ2n) is 8.71. The maximum atomic E-state index is 12.9. The van der Waals surface area contributed by atoms with E-state index < -0.39 is 0 Å². The lowest BCUT2D eigenvalue weighted by Gasteiger charge is -2.26. The number of carbonyl (C=O) groups is 2. The van der Waals surface area contributed by atoms with Crippen molar-refractivity contribution in [3.8, 4) is 5.69 Å². The summed E-state index contributed by atoms with van der Waals surface area (Å²) in [5.41, 5.74) is 4.32. The van der Waals surface area contributed by atoms with Crippen LogP contribution in [-0.4, -0.2) is 65.9 Å². The number of benzene rings is 2. The summed E-state index contributed by atoms with van der Waals surface area (Å²) >= 11 is 0. The van der Waals surface area contributed by atoms with E-state index in [4.69, 9.17) is 4.74 Å². The summed E-state index contributed by atoms with van der Waals surface area (Å²) in [5, 5.41) is 10.4. The minimum atomic E-state index is -0.135. The third kappa shape index (κ3) is 5.03. The predicted molar refractivity (Wildman–Crippen MR) is 129 cm³/mol. The molecule has 0 spiro atoms. The van der Waals surface area contributed by atoms with Gasteiger partial charge >= 0.3 is 0 Å². The van der Waals surface area contributed by atoms with E-state index in [0.717, 1.165) is 56.9 Å². The third-order valence-electron chi connectivity index (χ3n) is 6.49. The summed E-state index contributed by atoms with van der Waals surface area (Å²) in [4.78, 5) is 27.8. The van der Waals surface area contributed by atoms with Crippen molar-refractivity contribution in [3.63, 3.8) is 0 Å². The van der Waals surface area contributed by atoms with Gasteiger partial charge in [-0.05, 0) is 42.2 Å². The summed E-state index contributed by atoms with van der Waals surface area (Å²) in [6, 6.07) is 15.4. The molecule has 1 aliphatic carbocycles. The Bertz CT molecular complexity index is 1170. The first kappa shape index (κ1) is 22.3. The predicted octanol–water partition coefficient (Wildman–Crippen LogP) is 2.60. The first-order valence-corrected chi connectivity index (χ1v) is 11.8. The lowest BCUT2D eigenvalue weighted by atomic mass is 10.0. The molecule has 1 aliphatic heterocycles. The summed E-state index contributed by atoms with van der Waals surface area (Å²) in [6.07, 6.45) is 5.15. The van der Waals surface area contributed by atoms with Gasteiger partial charge in [0.2, 0.25) is 5.91 Å². The Labute approximate surface area is 198 Å². The van der Waals surface area contributed by atoms with E-state index in [0.29, 0.717) is 17.8 Å². The van der Waals surface area contributed by atoms with E-state index in [-0.39, 0.29) is 17.7 Å². The molecule has 1 fully saturated rings. The number of rotatable bonds is 7. The number of nitrogens with zero attached hydrogens (tertiary/aromatic N) is 3. The highest BCUT2D eigenvalue weighted by molar-refractivity contribution is 5.96. The van der Waals surface area contributed by atoms with Gasteiger partial charge in [-0.15, -0.1) is 0 Å². The average Bonchev–Trinajstić information content (AvgIpc) is 3.52. The zero-order valence-electron chi connectivity index (χ0n) is 19.1. The molecule has 176 valence electrons. The molecule has 1 atom stereocenters. The highest BCUT2D eigenvalue weighted by Crippen LogP contribution is 2.33. The fraction of sp³-hybridized carbons (Fsp3) is 0.346. The Morgan fingerprint density at radius 1 is 1.09 bits per heavy atom. The Morgan fingerprint density at radius 3 is 2.82 bits per heavy atom. The molecule has 0 saturated carbocycles. The monoisotopic (exact) mass is 459 g/mol. The molecule has 34 heavy (non-hydrogen) atoms. The average molecular weight is 460 g/mol. The Hall–Kier alpha value is -3.49. The number of nitrogens with one attached hydrogen (secondary N) is 2. The van der Waals surface area contributed by atoms with Crippen molar-refractivity contribution in [1.82, 2.24) is 20.0 Å². The Morgan fingerprint density at radius 2 is 1.94 bits per heavy atom. The molecular weight excluding hydrogens is 430 g/mol. The Kier molecular flexibility index (Phi) is 6.69. The van der Waals surface area contributed by atoms with Gasteiger partial charge in [0, 0.05) is 31.7 Å². The minimum absolute atomic E-state index is 0.0158. The number of aryl methyl sites for hydroxylation is 1. The van der Waals surface area contributed by atoms with Gasteiger partial charge in [0.15, 0.2) is 0 Å². The van der Waals surface area contributed by atoms with Gasteiger partial charge in [-0.25, -0.2) is 4.68 Å². The molecule has 8 nitrogen and oxygen atoms in total. The van der Waals surface area contributed by atoms with E-state index >= 15 is 0 Å². The van der Waals surface area contributed by atoms with Crippen LogP contribution < -0.4 is 10.6 Å². The zero-order valence-corrected chi connectivity index (χ0v) is 19.1. The van der Waals surface area contributed by atoms with Crippen molar-refractivity contribution in [3.05, 3.63) is 77.6 Å². The van der Waals surface area contributed by atoms with Crippen LogP contribution in [0.4, 0.5) is 5.69 Å². The maximum Gasteiger partial charge on any atom is 0.251 e. The van der Waals surface area contributed by atoms with Crippen LogP contribution in [-0.2, 0) is 16.0 Å². The SMILES string of the molecule is O=C(NCCN1CCOCC1)c1cccc(-n2cc(NC(=O)C3CCc4ccccc43)cn2)c1. The minimum Gasteiger partial charge on any atom is -0.379 e. The van der Waals surface area contributed by atoms with Crippen molar-refractivity contribution >= 4 is 17.5 Å². The maximum absolute atomic E-state index is 12.9. The van der Waals surface area contributed by atoms with Crippen LogP contribution in [0, 0.1) is 0 Å². The summed E-state index contributed by atoms with van der Waals surface area (Å²) in [6.45, 7) is 4.69. The number of fused-ring (bicyclic) bond motifs is 1. The highest BCUT2D eigenvalue weighted by atomic mass is 16.5. The lowest BCUT2D eigenvalue weighted by Crippen LogP contribution is -2.41. The van der Waals surface area contributed by atoms with Gasteiger partial charge in [0.05, 0.1) is 42.9 Å². The molecule has 1 unspecified atom stereocenters. The van der Waals surface area contributed by atoms with Crippen LogP contribution in [0.25, 0.3) is 5.69 Å². The summed E-state index contributed by atoms with van der Waals surface area (Å²) < 4.78 is 7.02. The Balaban J connectivity index is 1.19. The molecule has 8 heteroatoms. The van der Waals surface area contributed by atoms with Crippen molar-refractivity contribution in [2.45, 2.75) is 18.8 Å². The number of morpholine rings is 1. The molecule has 1 aromatic heterocycles. The first-order chi connectivity index (χ1) is 16.7. The third-order valence-corrected chi connectivity index (χ3v) is 6.49. The number of hydrogen-bond acceptors (Lipinski definition) is 5. The van der Waals surface area contributed by atoms with Crippen LogP contribution in [0.3, 0.4) is 0 Å². The van der Waals surface area contributed by atoms with Crippen molar-refractivity contribution in [1.29, 1.82) is 0 Å². The van der Waals surface area contributed by atoms with Gasteiger partial charge in [0.25, 0.3) is 5.91 Å². The molecule has 0 bridgehead atoms. The van der Waals surface area contributed by atoms with Crippen LogP contribution in [0.5, 0.6) is 0 Å². The van der Waals surface area contributed by atoms with Crippen molar-refractivity contribution < 1.29 is 14.3 Å². The molecule has 2 aliphatic rings. The van der Waals surface area contributed by atoms with E-state index in [2.05, 4.69) is 26.7 Å². The van der Waals surface area contributed by atoms with Gasteiger partial charge in [-0.3, -0.25) is 14.5 Å². The fourth-order valence-corrected chi connectivity index (χ4v) is 4.63. The van der Waals surface area contributed by atoms with Crippen LogP contribution in [0.1, 0.15) is 33.8 Å². The molecule has 5 rings (SSSR count). The van der Waals surface area contributed by atoms with Gasteiger partial charge in [0.1, 0.15) is 0 Å². The van der Waals surface area contributed by atoms with Crippen molar-refractivity contribution in [2.24, 2.45) is 0 Å². The highest BCUT2D eigenvalue weighted by Gasteiger charge is 2.28. The molecule has 2 aromatic carbocycles. The fourth-order valence-electron chi connectivity index (χ4n) is 4.63. The topological polar surface area (TPSA) is 88.5 Å². The second kappa shape index (κ2) is 10.2. The molecule has 2 heterocycles. The largest absolute Gasteiger partial charge is 0.379 e. The molecule has 2 amide bonds. The van der Waals surface area contributed by atoms with Crippen LogP contribution in [0.15, 0.2) is 60.9 Å². The smallest absolute Gasteiger partial charge is 0.251 e. The number of ether oxygens (including phenoxy) is 1. The summed E-state index contributed by atoms with van der Waals surface area (Å²) in [7, 11) is 0. The van der Waals surface area contributed by atoms with Crippen molar-refractivity contribution in [2.75, 3.05) is 44.7 Å². The zero-order chi connectivity index (χ0) is 23.3.